The second kappa shape index (κ2) is 16.7. The van der Waals surface area contributed by atoms with Crippen LogP contribution >= 0.6 is 0 Å². The van der Waals surface area contributed by atoms with Crippen molar-refractivity contribution in [3.8, 4) is 0 Å². The summed E-state index contributed by atoms with van der Waals surface area (Å²) in [6.45, 7) is 5.79. The first-order valence-corrected chi connectivity index (χ1v) is 8.96. The zero-order chi connectivity index (χ0) is 17.6. The van der Waals surface area contributed by atoms with Crippen molar-refractivity contribution in [3.63, 3.8) is 0 Å². The van der Waals surface area contributed by atoms with Gasteiger partial charge in [0.25, 0.3) is 10.1 Å². The average Bonchev–Trinajstić information content (AvgIpc) is 2.41. The summed E-state index contributed by atoms with van der Waals surface area (Å²) in [5, 5.41) is 15.4. The number of carbonyl (C=O) groups is 2. The van der Waals surface area contributed by atoms with Gasteiger partial charge < -0.3 is 10.2 Å². The van der Waals surface area contributed by atoms with Gasteiger partial charge in [-0.1, -0.05) is 32.6 Å². The summed E-state index contributed by atoms with van der Waals surface area (Å²) in [5.41, 5.74) is 0. The number of unbranched alkanes of at least 4 members (excludes halogenated alkanes) is 3. The Bertz CT molecular complexity index is 395. The normalized spacial score (nSPS) is 11.6. The zero-order valence-corrected chi connectivity index (χ0v) is 17.4. The fourth-order valence-corrected chi connectivity index (χ4v) is 2.51. The van der Waals surface area contributed by atoms with Crippen LogP contribution in [0.5, 0.6) is 0 Å². The van der Waals surface area contributed by atoms with Crippen molar-refractivity contribution in [2.45, 2.75) is 71.0 Å². The van der Waals surface area contributed by atoms with Gasteiger partial charge in [0, 0.05) is 29.6 Å². The first-order valence-electron chi connectivity index (χ1n) is 7.49. The van der Waals surface area contributed by atoms with E-state index < -0.39 is 22.1 Å². The molecule has 0 aromatic heterocycles. The molecule has 0 rings (SSSR count). The predicted molar refractivity (Wildman–Crippen MR) is 89.0 cm³/mol. The predicted octanol–water partition coefficient (Wildman–Crippen LogP) is 2.27. The molecular formula is C14H28NaO7S. The summed E-state index contributed by atoms with van der Waals surface area (Å²) in [6.07, 6.45) is 4.56. The van der Waals surface area contributed by atoms with Crippen LogP contribution in [-0.2, 0) is 23.9 Å². The molecule has 0 aliphatic heterocycles. The number of carboxylic acid groups (broad SMARTS) is 2. The number of hydrogen-bond donors (Lipinski definition) is 2. The molecule has 0 bridgehead atoms. The SMILES string of the molecule is CCCCCCC(C)S(=O)(=O)OCC.O=C(O)CCC(=O)O.[Na]. The number of aliphatic carboxylic acids is 2. The molecule has 0 spiro atoms. The van der Waals surface area contributed by atoms with E-state index in [-0.39, 0.29) is 54.3 Å². The van der Waals surface area contributed by atoms with Gasteiger partial charge in [-0.05, 0) is 20.3 Å². The molecule has 1 atom stereocenters. The van der Waals surface area contributed by atoms with Gasteiger partial charge in [0.1, 0.15) is 0 Å². The molecule has 2 N–H and O–H groups in total. The van der Waals surface area contributed by atoms with Crippen LogP contribution in [-0.4, -0.2) is 72.0 Å². The van der Waals surface area contributed by atoms with Gasteiger partial charge in [-0.25, -0.2) is 0 Å². The fourth-order valence-electron chi connectivity index (χ4n) is 1.50. The molecule has 9 heteroatoms. The van der Waals surface area contributed by atoms with Gasteiger partial charge in [0.2, 0.25) is 0 Å². The second-order valence-electron chi connectivity index (χ2n) is 4.85. The fraction of sp³-hybridized carbons (Fsp3) is 0.857. The van der Waals surface area contributed by atoms with Crippen molar-refractivity contribution in [2.24, 2.45) is 0 Å². The van der Waals surface area contributed by atoms with Crippen molar-refractivity contribution in [2.75, 3.05) is 6.61 Å². The van der Waals surface area contributed by atoms with E-state index in [0.717, 1.165) is 12.8 Å². The molecule has 0 aromatic rings. The molecule has 0 amide bonds. The molecule has 0 saturated heterocycles. The Hall–Kier alpha value is -0.150. The third-order valence-electron chi connectivity index (χ3n) is 2.79. The first-order chi connectivity index (χ1) is 10.2. The van der Waals surface area contributed by atoms with Gasteiger partial charge in [0.15, 0.2) is 0 Å². The third kappa shape index (κ3) is 19.8. The quantitative estimate of drug-likeness (QED) is 0.328. The van der Waals surface area contributed by atoms with Gasteiger partial charge >= 0.3 is 11.9 Å². The minimum absolute atomic E-state index is 0. The van der Waals surface area contributed by atoms with E-state index in [9.17, 15) is 18.0 Å². The molecule has 7 nitrogen and oxygen atoms in total. The minimum atomic E-state index is -3.30. The molecule has 0 fully saturated rings. The molecular weight excluding hydrogens is 335 g/mol. The van der Waals surface area contributed by atoms with Gasteiger partial charge in [-0.3, -0.25) is 13.8 Å². The summed E-state index contributed by atoms with van der Waals surface area (Å²) in [7, 11) is -3.30. The van der Waals surface area contributed by atoms with E-state index in [0.29, 0.717) is 6.42 Å². The standard InChI is InChI=1S/C10H22O3S.C4H6O4.Na/c1-4-6-7-8-9-10(3)14(11,12)13-5-2;5-3(6)1-2-4(7)8;/h10H,4-9H2,1-3H3;1-2H2,(H,5,6)(H,7,8);. The number of carboxylic acids is 2. The molecule has 133 valence electrons. The van der Waals surface area contributed by atoms with Crippen LogP contribution < -0.4 is 0 Å². The van der Waals surface area contributed by atoms with Crippen LogP contribution in [0.3, 0.4) is 0 Å². The van der Waals surface area contributed by atoms with E-state index >= 15 is 0 Å². The van der Waals surface area contributed by atoms with Crippen molar-refractivity contribution in [3.05, 3.63) is 0 Å². The molecule has 0 heterocycles. The van der Waals surface area contributed by atoms with Gasteiger partial charge in [-0.15, -0.1) is 0 Å². The van der Waals surface area contributed by atoms with Crippen molar-refractivity contribution in [1.29, 1.82) is 0 Å². The maximum Gasteiger partial charge on any atom is 0.303 e. The Labute approximate surface area is 161 Å². The van der Waals surface area contributed by atoms with E-state index in [1.54, 1.807) is 13.8 Å². The van der Waals surface area contributed by atoms with Gasteiger partial charge in [-0.2, -0.15) is 8.42 Å². The Morgan fingerprint density at radius 1 is 1.00 bits per heavy atom. The zero-order valence-electron chi connectivity index (χ0n) is 14.6. The first kappa shape index (κ1) is 27.7. The average molecular weight is 363 g/mol. The molecule has 0 saturated carbocycles. The van der Waals surface area contributed by atoms with Crippen molar-refractivity contribution >= 4 is 51.6 Å². The van der Waals surface area contributed by atoms with Crippen molar-refractivity contribution < 1.29 is 32.4 Å². The number of rotatable bonds is 11. The van der Waals surface area contributed by atoms with Crippen LogP contribution in [0, 0.1) is 0 Å². The van der Waals surface area contributed by atoms with Crippen LogP contribution in [0.2, 0.25) is 0 Å². The maximum absolute atomic E-state index is 11.4. The van der Waals surface area contributed by atoms with E-state index in [1.807, 2.05) is 0 Å². The Morgan fingerprint density at radius 2 is 1.48 bits per heavy atom. The molecule has 1 unspecified atom stereocenters. The van der Waals surface area contributed by atoms with Gasteiger partial charge in [0.05, 0.1) is 24.7 Å². The van der Waals surface area contributed by atoms with Crippen molar-refractivity contribution in [1.82, 2.24) is 0 Å². The van der Waals surface area contributed by atoms with Crippen LogP contribution in [0.1, 0.15) is 65.7 Å². The van der Waals surface area contributed by atoms with E-state index in [1.165, 1.54) is 12.8 Å². The molecule has 1 radical (unpaired) electrons. The smallest absolute Gasteiger partial charge is 0.303 e. The third-order valence-corrected chi connectivity index (χ3v) is 4.58. The second-order valence-corrected chi connectivity index (χ2v) is 6.87. The molecule has 0 aliphatic rings. The Morgan fingerprint density at radius 3 is 1.83 bits per heavy atom. The van der Waals surface area contributed by atoms with Crippen LogP contribution in [0.15, 0.2) is 0 Å². The largest absolute Gasteiger partial charge is 0.481 e. The summed E-state index contributed by atoms with van der Waals surface area (Å²) < 4.78 is 27.5. The Kier molecular flexibility index (Phi) is 20.1. The number of hydrogen-bond acceptors (Lipinski definition) is 5. The maximum atomic E-state index is 11.4. The monoisotopic (exact) mass is 363 g/mol. The summed E-state index contributed by atoms with van der Waals surface area (Å²) in [6, 6.07) is 0. The molecule has 0 aliphatic carbocycles. The Balaban J connectivity index is -0.000000382. The summed E-state index contributed by atoms with van der Waals surface area (Å²) in [5.74, 6) is -2.15. The molecule has 0 aromatic carbocycles. The summed E-state index contributed by atoms with van der Waals surface area (Å²) in [4.78, 5) is 19.3. The minimum Gasteiger partial charge on any atom is -0.481 e. The summed E-state index contributed by atoms with van der Waals surface area (Å²) >= 11 is 0. The molecule has 23 heavy (non-hydrogen) atoms. The van der Waals surface area contributed by atoms with E-state index in [2.05, 4.69) is 6.92 Å². The van der Waals surface area contributed by atoms with E-state index in [4.69, 9.17) is 14.4 Å². The van der Waals surface area contributed by atoms with Crippen LogP contribution in [0.25, 0.3) is 0 Å². The van der Waals surface area contributed by atoms with Crippen LogP contribution in [0.4, 0.5) is 0 Å². The topological polar surface area (TPSA) is 118 Å².